The Kier molecular flexibility index (Phi) is 6.89. The minimum atomic E-state index is 0.0207. The number of aliphatic imine (C=N–C) groups is 1. The van der Waals surface area contributed by atoms with Crippen molar-refractivity contribution in [2.45, 2.75) is 37.0 Å². The highest BCUT2D eigenvalue weighted by Crippen LogP contribution is 2.32. The SMILES string of the molecule is CN=C(NCc1nnc(C)n1C)NCC(C)(C)Sc1ccc(Br)cc1. The molecule has 1 aromatic heterocycles. The van der Waals surface area contributed by atoms with Gasteiger partial charge in [-0.3, -0.25) is 4.99 Å². The van der Waals surface area contributed by atoms with Crippen molar-refractivity contribution < 1.29 is 0 Å². The maximum Gasteiger partial charge on any atom is 0.191 e. The predicted molar refractivity (Wildman–Crippen MR) is 108 cm³/mol. The zero-order valence-corrected chi connectivity index (χ0v) is 17.7. The van der Waals surface area contributed by atoms with E-state index in [1.54, 1.807) is 7.05 Å². The molecule has 6 nitrogen and oxygen atoms in total. The van der Waals surface area contributed by atoms with Crippen molar-refractivity contribution in [1.29, 1.82) is 0 Å². The molecule has 0 atom stereocenters. The van der Waals surface area contributed by atoms with Crippen molar-refractivity contribution in [3.8, 4) is 0 Å². The Morgan fingerprint density at radius 1 is 1.24 bits per heavy atom. The fraction of sp³-hybridized carbons (Fsp3) is 0.471. The third kappa shape index (κ3) is 6.04. The molecule has 2 N–H and O–H groups in total. The second-order valence-corrected chi connectivity index (χ2v) is 9.01. The summed E-state index contributed by atoms with van der Waals surface area (Å²) in [5.74, 6) is 2.53. The minimum Gasteiger partial charge on any atom is -0.355 e. The number of nitrogens with one attached hydrogen (secondary N) is 2. The van der Waals surface area contributed by atoms with E-state index in [0.717, 1.165) is 28.6 Å². The van der Waals surface area contributed by atoms with Crippen LogP contribution >= 0.6 is 27.7 Å². The van der Waals surface area contributed by atoms with Gasteiger partial charge >= 0.3 is 0 Å². The lowest BCUT2D eigenvalue weighted by molar-refractivity contribution is 0.654. The second-order valence-electron chi connectivity index (χ2n) is 6.32. The molecule has 1 aromatic carbocycles. The van der Waals surface area contributed by atoms with E-state index in [2.05, 4.69) is 79.9 Å². The Balaban J connectivity index is 1.86. The standard InChI is InChI=1S/C17H25BrN6S/c1-12-22-23-15(24(12)5)10-20-16(19-4)21-11-17(2,3)25-14-8-6-13(18)7-9-14/h6-9H,10-11H2,1-5H3,(H2,19,20,21). The molecule has 0 radical (unpaired) electrons. The van der Waals surface area contributed by atoms with Gasteiger partial charge in [-0.25, -0.2) is 0 Å². The third-order valence-electron chi connectivity index (χ3n) is 3.71. The summed E-state index contributed by atoms with van der Waals surface area (Å²) >= 11 is 5.31. The third-order valence-corrected chi connectivity index (χ3v) is 5.44. The molecule has 25 heavy (non-hydrogen) atoms. The van der Waals surface area contributed by atoms with Crippen LogP contribution in [0.3, 0.4) is 0 Å². The second kappa shape index (κ2) is 8.71. The average Bonchev–Trinajstić information content (AvgIpc) is 2.89. The summed E-state index contributed by atoms with van der Waals surface area (Å²) < 4.78 is 3.08. The largest absolute Gasteiger partial charge is 0.355 e. The fourth-order valence-electron chi connectivity index (χ4n) is 2.14. The highest BCUT2D eigenvalue weighted by atomic mass is 79.9. The quantitative estimate of drug-likeness (QED) is 0.423. The summed E-state index contributed by atoms with van der Waals surface area (Å²) in [5, 5.41) is 14.9. The van der Waals surface area contributed by atoms with Gasteiger partial charge in [-0.1, -0.05) is 15.9 Å². The summed E-state index contributed by atoms with van der Waals surface area (Å²) in [7, 11) is 3.73. The lowest BCUT2D eigenvalue weighted by Crippen LogP contribution is -2.43. The summed E-state index contributed by atoms with van der Waals surface area (Å²) in [6, 6.07) is 8.38. The van der Waals surface area contributed by atoms with Gasteiger partial charge < -0.3 is 15.2 Å². The predicted octanol–water partition coefficient (Wildman–Crippen LogP) is 3.12. The van der Waals surface area contributed by atoms with Gasteiger partial charge in [0.05, 0.1) is 6.54 Å². The molecule has 0 aliphatic rings. The van der Waals surface area contributed by atoms with Crippen LogP contribution in [0.15, 0.2) is 38.6 Å². The molecule has 0 saturated heterocycles. The minimum absolute atomic E-state index is 0.0207. The lowest BCUT2D eigenvalue weighted by atomic mass is 10.2. The number of aromatic nitrogens is 3. The first-order valence-electron chi connectivity index (χ1n) is 8.05. The first-order valence-corrected chi connectivity index (χ1v) is 9.65. The van der Waals surface area contributed by atoms with E-state index < -0.39 is 0 Å². The van der Waals surface area contributed by atoms with Gasteiger partial charge in [-0.05, 0) is 45.0 Å². The monoisotopic (exact) mass is 424 g/mol. The molecule has 0 saturated carbocycles. The number of halogens is 1. The maximum absolute atomic E-state index is 4.28. The molecular formula is C17H25BrN6S. The molecular weight excluding hydrogens is 400 g/mol. The van der Waals surface area contributed by atoms with Crippen LogP contribution in [0.5, 0.6) is 0 Å². The van der Waals surface area contributed by atoms with Gasteiger partial charge in [0.25, 0.3) is 0 Å². The van der Waals surface area contributed by atoms with Crippen LogP contribution in [-0.2, 0) is 13.6 Å². The molecule has 0 bridgehead atoms. The van der Waals surface area contributed by atoms with Gasteiger partial charge in [0.2, 0.25) is 0 Å². The Hall–Kier alpha value is -1.54. The molecule has 2 aromatic rings. The summed E-state index contributed by atoms with van der Waals surface area (Å²) in [6.45, 7) is 7.73. The molecule has 0 aliphatic carbocycles. The Morgan fingerprint density at radius 2 is 1.92 bits per heavy atom. The van der Waals surface area contributed by atoms with Crippen LogP contribution in [-0.4, -0.2) is 39.1 Å². The van der Waals surface area contributed by atoms with Crippen LogP contribution in [0.25, 0.3) is 0 Å². The molecule has 1 heterocycles. The topological polar surface area (TPSA) is 67.1 Å². The zero-order valence-electron chi connectivity index (χ0n) is 15.3. The molecule has 8 heteroatoms. The van der Waals surface area contributed by atoms with Crippen molar-refractivity contribution in [3.63, 3.8) is 0 Å². The molecule has 0 spiro atoms. The van der Waals surface area contributed by atoms with Crippen LogP contribution in [0, 0.1) is 6.92 Å². The van der Waals surface area contributed by atoms with Crippen molar-refractivity contribution in [1.82, 2.24) is 25.4 Å². The smallest absolute Gasteiger partial charge is 0.191 e. The molecule has 0 amide bonds. The number of aryl methyl sites for hydroxylation is 1. The number of nitrogens with zero attached hydrogens (tertiary/aromatic N) is 4. The number of benzene rings is 1. The van der Waals surface area contributed by atoms with E-state index in [1.165, 1.54) is 4.90 Å². The average molecular weight is 425 g/mol. The van der Waals surface area contributed by atoms with Gasteiger partial charge in [-0.15, -0.1) is 22.0 Å². The summed E-state index contributed by atoms with van der Waals surface area (Å²) in [5.41, 5.74) is 0. The van der Waals surface area contributed by atoms with E-state index in [4.69, 9.17) is 0 Å². The van der Waals surface area contributed by atoms with Gasteiger partial charge in [-0.2, -0.15) is 0 Å². The first-order chi connectivity index (χ1) is 11.8. The van der Waals surface area contributed by atoms with Gasteiger partial charge in [0.15, 0.2) is 11.8 Å². The number of rotatable bonds is 6. The molecule has 136 valence electrons. The van der Waals surface area contributed by atoms with Gasteiger partial charge in [0.1, 0.15) is 5.82 Å². The van der Waals surface area contributed by atoms with Crippen LogP contribution < -0.4 is 10.6 Å². The Labute approximate surface area is 162 Å². The van der Waals surface area contributed by atoms with Crippen LogP contribution in [0.4, 0.5) is 0 Å². The van der Waals surface area contributed by atoms with Crippen molar-refractivity contribution >= 4 is 33.7 Å². The first kappa shape index (κ1) is 19.8. The van der Waals surface area contributed by atoms with Crippen LogP contribution in [0.1, 0.15) is 25.5 Å². The normalized spacial score (nSPS) is 12.3. The summed E-state index contributed by atoms with van der Waals surface area (Å²) in [6.07, 6.45) is 0. The van der Waals surface area contributed by atoms with Crippen molar-refractivity contribution in [2.75, 3.05) is 13.6 Å². The highest BCUT2D eigenvalue weighted by molar-refractivity contribution is 9.10. The van der Waals surface area contributed by atoms with Crippen molar-refractivity contribution in [3.05, 3.63) is 40.4 Å². The van der Waals surface area contributed by atoms with E-state index in [1.807, 2.05) is 30.3 Å². The highest BCUT2D eigenvalue weighted by Gasteiger charge is 2.20. The van der Waals surface area contributed by atoms with E-state index in [0.29, 0.717) is 6.54 Å². The molecule has 0 unspecified atom stereocenters. The van der Waals surface area contributed by atoms with E-state index in [9.17, 15) is 0 Å². The molecule has 0 fully saturated rings. The Morgan fingerprint density at radius 3 is 2.48 bits per heavy atom. The van der Waals surface area contributed by atoms with E-state index >= 15 is 0 Å². The van der Waals surface area contributed by atoms with E-state index in [-0.39, 0.29) is 4.75 Å². The lowest BCUT2D eigenvalue weighted by Gasteiger charge is -2.25. The van der Waals surface area contributed by atoms with Crippen molar-refractivity contribution in [2.24, 2.45) is 12.0 Å². The summed E-state index contributed by atoms with van der Waals surface area (Å²) in [4.78, 5) is 5.53. The molecule has 0 aliphatic heterocycles. The number of thioether (sulfide) groups is 1. The number of hydrogen-bond acceptors (Lipinski definition) is 4. The number of guanidine groups is 1. The zero-order chi connectivity index (χ0) is 18.4. The van der Waals surface area contributed by atoms with Gasteiger partial charge in [0, 0.05) is 34.8 Å². The Bertz CT molecular complexity index is 723. The fourth-order valence-corrected chi connectivity index (χ4v) is 3.46. The number of hydrogen-bond donors (Lipinski definition) is 2. The van der Waals surface area contributed by atoms with Crippen LogP contribution in [0.2, 0.25) is 0 Å². The maximum atomic E-state index is 4.28. The molecule has 2 rings (SSSR count).